The van der Waals surface area contributed by atoms with Crippen LogP contribution in [0.5, 0.6) is 0 Å². The van der Waals surface area contributed by atoms with Crippen LogP contribution < -0.4 is 0 Å². The van der Waals surface area contributed by atoms with Gasteiger partial charge in [-0.05, 0) is 26.7 Å². The Morgan fingerprint density at radius 3 is 2.38 bits per heavy atom. The fourth-order valence-corrected chi connectivity index (χ4v) is 1.68. The summed E-state index contributed by atoms with van der Waals surface area (Å²) in [5, 5.41) is 9.34. The summed E-state index contributed by atoms with van der Waals surface area (Å²) in [6, 6.07) is 0. The molecule has 0 bridgehead atoms. The molecule has 2 radical (unpaired) electrons. The van der Waals surface area contributed by atoms with Crippen molar-refractivity contribution in [2.75, 3.05) is 13.1 Å². The van der Waals surface area contributed by atoms with Crippen molar-refractivity contribution in [1.82, 2.24) is 4.90 Å². The first-order valence-corrected chi connectivity index (χ1v) is 4.72. The van der Waals surface area contributed by atoms with Crippen LogP contribution in [0.3, 0.4) is 0 Å². The molecule has 1 heterocycles. The second-order valence-electron chi connectivity index (χ2n) is 4.05. The monoisotopic (exact) mass is 179 g/mol. The van der Waals surface area contributed by atoms with Crippen LogP contribution in [-0.4, -0.2) is 34.7 Å². The van der Waals surface area contributed by atoms with Crippen LogP contribution in [0.1, 0.15) is 26.7 Å². The maximum atomic E-state index is 9.34. The van der Waals surface area contributed by atoms with Crippen molar-refractivity contribution in [3.8, 4) is 11.8 Å². The van der Waals surface area contributed by atoms with Crippen molar-refractivity contribution in [3.05, 3.63) is 6.92 Å². The van der Waals surface area contributed by atoms with Crippen LogP contribution in [-0.2, 0) is 0 Å². The van der Waals surface area contributed by atoms with Gasteiger partial charge in [0.2, 0.25) is 0 Å². The molecule has 1 saturated heterocycles. The van der Waals surface area contributed by atoms with E-state index in [2.05, 4.69) is 30.6 Å². The normalized spacial score (nSPS) is 20.9. The lowest BCUT2D eigenvalue weighted by Gasteiger charge is -2.38. The molecule has 0 aromatic heterocycles. The Labute approximate surface area is 80.9 Å². The molecule has 1 fully saturated rings. The van der Waals surface area contributed by atoms with Crippen molar-refractivity contribution in [2.45, 2.75) is 38.3 Å². The highest BCUT2D eigenvalue weighted by Crippen LogP contribution is 2.19. The summed E-state index contributed by atoms with van der Waals surface area (Å²) in [7, 11) is 0. The molecule has 0 unspecified atom stereocenters. The summed E-state index contributed by atoms with van der Waals surface area (Å²) in [6.45, 7) is 11.1. The summed E-state index contributed by atoms with van der Waals surface area (Å²) in [4.78, 5) is 2.26. The van der Waals surface area contributed by atoms with Crippen molar-refractivity contribution in [1.29, 1.82) is 0 Å². The highest BCUT2D eigenvalue weighted by Gasteiger charge is 2.28. The second kappa shape index (κ2) is 4.13. The van der Waals surface area contributed by atoms with E-state index < -0.39 is 0 Å². The minimum atomic E-state index is -0.158. The number of hydrogen-bond donors (Lipinski definition) is 1. The maximum absolute atomic E-state index is 9.34. The van der Waals surface area contributed by atoms with Gasteiger partial charge in [-0.1, -0.05) is 11.8 Å². The van der Waals surface area contributed by atoms with Gasteiger partial charge in [0.15, 0.2) is 0 Å². The predicted molar refractivity (Wildman–Crippen MR) is 53.0 cm³/mol. The van der Waals surface area contributed by atoms with Gasteiger partial charge in [0.1, 0.15) is 0 Å². The van der Waals surface area contributed by atoms with E-state index in [1.54, 1.807) is 0 Å². The number of hydrogen-bond acceptors (Lipinski definition) is 2. The third kappa shape index (κ3) is 2.72. The van der Waals surface area contributed by atoms with E-state index in [0.29, 0.717) is 0 Å². The van der Waals surface area contributed by atoms with Crippen LogP contribution in [0.15, 0.2) is 0 Å². The average Bonchev–Trinajstić information content (AvgIpc) is 2.05. The Bertz CT molecular complexity index is 216. The van der Waals surface area contributed by atoms with Gasteiger partial charge in [-0.15, -0.1) is 0 Å². The van der Waals surface area contributed by atoms with E-state index in [-0.39, 0.29) is 11.6 Å². The highest BCUT2D eigenvalue weighted by atomic mass is 16.3. The minimum absolute atomic E-state index is 0.127. The molecule has 1 N–H and O–H groups in total. The van der Waals surface area contributed by atoms with Gasteiger partial charge < -0.3 is 5.11 Å². The maximum Gasteiger partial charge on any atom is 0.0768 e. The number of aliphatic hydroxyl groups is 1. The van der Waals surface area contributed by atoms with Crippen molar-refractivity contribution >= 4 is 0 Å². The Morgan fingerprint density at radius 1 is 1.38 bits per heavy atom. The number of nitrogens with zero attached hydrogens (tertiary/aromatic N) is 1. The van der Waals surface area contributed by atoms with E-state index in [1.807, 2.05) is 0 Å². The highest BCUT2D eigenvalue weighted by molar-refractivity contribution is 5.16. The first-order chi connectivity index (χ1) is 6.06. The molecule has 1 aliphatic rings. The van der Waals surface area contributed by atoms with E-state index in [4.69, 9.17) is 6.92 Å². The summed E-state index contributed by atoms with van der Waals surface area (Å²) in [5.41, 5.74) is -0.158. The molecular weight excluding hydrogens is 162 g/mol. The SMILES string of the molecule is [CH]C#CC(C)(C)N1CCC(O)CC1. The molecule has 0 aliphatic carbocycles. The lowest BCUT2D eigenvalue weighted by Crippen LogP contribution is -2.48. The molecule has 0 spiro atoms. The Hall–Kier alpha value is -0.520. The van der Waals surface area contributed by atoms with Crippen LogP contribution in [0, 0.1) is 18.8 Å². The molecule has 2 heteroatoms. The first-order valence-electron chi connectivity index (χ1n) is 4.72. The van der Waals surface area contributed by atoms with Crippen LogP contribution >= 0.6 is 0 Å². The fraction of sp³-hybridized carbons (Fsp3) is 0.727. The Balaban J connectivity index is 2.56. The van der Waals surface area contributed by atoms with Gasteiger partial charge in [-0.3, -0.25) is 4.90 Å². The molecule has 1 rings (SSSR count). The van der Waals surface area contributed by atoms with Gasteiger partial charge in [0.25, 0.3) is 0 Å². The Morgan fingerprint density at radius 2 is 1.92 bits per heavy atom. The number of rotatable bonds is 1. The van der Waals surface area contributed by atoms with Crippen molar-refractivity contribution in [2.24, 2.45) is 0 Å². The molecular formula is C11H17NO. The smallest absolute Gasteiger partial charge is 0.0768 e. The van der Waals surface area contributed by atoms with E-state index in [1.165, 1.54) is 0 Å². The third-order valence-corrected chi connectivity index (χ3v) is 2.63. The van der Waals surface area contributed by atoms with E-state index >= 15 is 0 Å². The van der Waals surface area contributed by atoms with Crippen molar-refractivity contribution < 1.29 is 5.11 Å². The number of piperidine rings is 1. The molecule has 2 nitrogen and oxygen atoms in total. The fourth-order valence-electron chi connectivity index (χ4n) is 1.68. The molecule has 0 amide bonds. The molecule has 13 heavy (non-hydrogen) atoms. The second-order valence-corrected chi connectivity index (χ2v) is 4.05. The summed E-state index contributed by atoms with van der Waals surface area (Å²) in [6.07, 6.45) is 1.56. The summed E-state index contributed by atoms with van der Waals surface area (Å²) in [5.74, 6) is 5.44. The molecule has 0 aromatic carbocycles. The summed E-state index contributed by atoms with van der Waals surface area (Å²) >= 11 is 0. The predicted octanol–water partition coefficient (Wildman–Crippen LogP) is 0.936. The topological polar surface area (TPSA) is 23.5 Å². The van der Waals surface area contributed by atoms with Crippen molar-refractivity contribution in [3.63, 3.8) is 0 Å². The van der Waals surface area contributed by atoms with Crippen LogP contribution in [0.2, 0.25) is 0 Å². The van der Waals surface area contributed by atoms with Gasteiger partial charge in [0, 0.05) is 13.1 Å². The van der Waals surface area contributed by atoms with Crippen LogP contribution in [0.25, 0.3) is 0 Å². The largest absolute Gasteiger partial charge is 0.393 e. The lowest BCUT2D eigenvalue weighted by atomic mass is 9.98. The lowest BCUT2D eigenvalue weighted by molar-refractivity contribution is 0.0508. The molecule has 72 valence electrons. The van der Waals surface area contributed by atoms with Gasteiger partial charge >= 0.3 is 0 Å². The molecule has 0 aromatic rings. The average molecular weight is 179 g/mol. The molecule has 0 saturated carbocycles. The zero-order chi connectivity index (χ0) is 9.90. The number of likely N-dealkylation sites (tertiary alicyclic amines) is 1. The van der Waals surface area contributed by atoms with Gasteiger partial charge in [0.05, 0.1) is 18.6 Å². The number of aliphatic hydroxyl groups excluding tert-OH is 1. The first kappa shape index (κ1) is 10.6. The zero-order valence-corrected chi connectivity index (χ0v) is 8.38. The van der Waals surface area contributed by atoms with Gasteiger partial charge in [-0.25, -0.2) is 0 Å². The van der Waals surface area contributed by atoms with Crippen LogP contribution in [0.4, 0.5) is 0 Å². The zero-order valence-electron chi connectivity index (χ0n) is 8.38. The van der Waals surface area contributed by atoms with E-state index in [0.717, 1.165) is 25.9 Å². The Kier molecular flexibility index (Phi) is 3.35. The standard InChI is InChI=1S/C11H17NO/c1-4-7-11(2,3)12-8-5-10(13)6-9-12/h1,10,13H,5-6,8-9H2,2-3H3. The molecule has 0 atom stereocenters. The quantitative estimate of drug-likeness (QED) is 0.605. The van der Waals surface area contributed by atoms with Gasteiger partial charge in [-0.2, -0.15) is 0 Å². The molecule has 1 aliphatic heterocycles. The van der Waals surface area contributed by atoms with E-state index in [9.17, 15) is 5.11 Å². The third-order valence-electron chi connectivity index (χ3n) is 2.63. The summed E-state index contributed by atoms with van der Waals surface area (Å²) < 4.78 is 0. The minimum Gasteiger partial charge on any atom is -0.393 e.